The molecule has 16 heavy (non-hydrogen) atoms. The fourth-order valence-electron chi connectivity index (χ4n) is 1.64. The molecule has 1 aromatic carbocycles. The molecule has 1 aliphatic rings. The van der Waals surface area contributed by atoms with E-state index in [4.69, 9.17) is 0 Å². The molecule has 1 heterocycles. The molecular formula is C11H12F3NS. The van der Waals surface area contributed by atoms with Crippen LogP contribution in [0.5, 0.6) is 0 Å². The second-order valence-electron chi connectivity index (χ2n) is 3.97. The van der Waals surface area contributed by atoms with E-state index in [0.29, 0.717) is 17.4 Å². The summed E-state index contributed by atoms with van der Waals surface area (Å²) in [6, 6.07) is 4.33. The quantitative estimate of drug-likeness (QED) is 0.747. The molecule has 1 unspecified atom stereocenters. The molecule has 0 radical (unpaired) electrons. The number of nitrogens with one attached hydrogen (secondary N) is 1. The number of thioether (sulfide) groups is 1. The third-order valence-electron chi connectivity index (χ3n) is 2.48. The summed E-state index contributed by atoms with van der Waals surface area (Å²) in [5.74, 6) is 1.22. The van der Waals surface area contributed by atoms with Gasteiger partial charge in [0, 0.05) is 17.2 Å². The lowest BCUT2D eigenvalue weighted by Gasteiger charge is -2.15. The molecule has 1 aliphatic heterocycles. The maximum Gasteiger partial charge on any atom is 0.418 e. The molecule has 0 saturated carbocycles. The van der Waals surface area contributed by atoms with Crippen molar-refractivity contribution in [2.75, 3.05) is 17.6 Å². The first-order chi connectivity index (χ1) is 7.48. The number of hydrogen-bond donors (Lipinski definition) is 1. The predicted octanol–water partition coefficient (Wildman–Crippen LogP) is 3.86. The zero-order chi connectivity index (χ0) is 11.8. The van der Waals surface area contributed by atoms with Gasteiger partial charge in [-0.2, -0.15) is 13.2 Å². The van der Waals surface area contributed by atoms with Gasteiger partial charge in [0.2, 0.25) is 0 Å². The average Bonchev–Trinajstić information content (AvgIpc) is 2.39. The number of rotatable bonds is 0. The predicted molar refractivity (Wildman–Crippen MR) is 59.8 cm³/mol. The first-order valence-electron chi connectivity index (χ1n) is 5.05. The highest BCUT2D eigenvalue weighted by Crippen LogP contribution is 2.41. The van der Waals surface area contributed by atoms with Crippen molar-refractivity contribution < 1.29 is 13.2 Å². The van der Waals surface area contributed by atoms with Gasteiger partial charge in [0.1, 0.15) is 0 Å². The Hall–Kier alpha value is -0.840. The number of para-hydroxylation sites is 1. The number of anilines is 1. The van der Waals surface area contributed by atoms with Crippen molar-refractivity contribution in [1.82, 2.24) is 0 Å². The van der Waals surface area contributed by atoms with Gasteiger partial charge in [0.05, 0.1) is 11.3 Å². The van der Waals surface area contributed by atoms with Crippen molar-refractivity contribution in [1.29, 1.82) is 0 Å². The molecule has 0 spiro atoms. The molecule has 0 saturated heterocycles. The number of halogens is 3. The molecule has 1 aromatic rings. The van der Waals surface area contributed by atoms with E-state index >= 15 is 0 Å². The van der Waals surface area contributed by atoms with Crippen molar-refractivity contribution >= 4 is 17.4 Å². The summed E-state index contributed by atoms with van der Waals surface area (Å²) in [7, 11) is 0. The molecule has 0 bridgehead atoms. The Bertz CT molecular complexity index is 389. The zero-order valence-corrected chi connectivity index (χ0v) is 9.58. The molecule has 1 N–H and O–H groups in total. The van der Waals surface area contributed by atoms with Crippen LogP contribution in [0, 0.1) is 5.92 Å². The fourth-order valence-corrected chi connectivity index (χ4v) is 2.72. The fraction of sp³-hybridized carbons (Fsp3) is 0.455. The molecule has 0 aliphatic carbocycles. The summed E-state index contributed by atoms with van der Waals surface area (Å²) in [6.45, 7) is 2.62. The number of benzene rings is 1. The SMILES string of the molecule is CC1CNc2c(cccc2C(F)(F)F)SC1. The third kappa shape index (κ3) is 2.29. The lowest BCUT2D eigenvalue weighted by molar-refractivity contribution is -0.137. The van der Waals surface area contributed by atoms with Gasteiger partial charge >= 0.3 is 6.18 Å². The third-order valence-corrected chi connectivity index (χ3v) is 3.87. The molecular weight excluding hydrogens is 235 g/mol. The highest BCUT2D eigenvalue weighted by molar-refractivity contribution is 7.99. The monoisotopic (exact) mass is 247 g/mol. The van der Waals surface area contributed by atoms with Crippen LogP contribution < -0.4 is 5.32 Å². The Morgan fingerprint density at radius 3 is 2.81 bits per heavy atom. The second-order valence-corrected chi connectivity index (χ2v) is 5.04. The van der Waals surface area contributed by atoms with Gasteiger partial charge in [-0.05, 0) is 18.1 Å². The highest BCUT2D eigenvalue weighted by Gasteiger charge is 2.35. The summed E-state index contributed by atoms with van der Waals surface area (Å²) in [4.78, 5) is 0.694. The van der Waals surface area contributed by atoms with Crippen LogP contribution in [0.4, 0.5) is 18.9 Å². The van der Waals surface area contributed by atoms with Gasteiger partial charge in [-0.3, -0.25) is 0 Å². The van der Waals surface area contributed by atoms with E-state index < -0.39 is 11.7 Å². The van der Waals surface area contributed by atoms with Crippen LogP contribution in [-0.2, 0) is 6.18 Å². The summed E-state index contributed by atoms with van der Waals surface area (Å²) < 4.78 is 38.3. The maximum atomic E-state index is 12.8. The lowest BCUT2D eigenvalue weighted by Crippen LogP contribution is -2.14. The minimum atomic E-state index is -4.29. The molecule has 2 rings (SSSR count). The average molecular weight is 247 g/mol. The first kappa shape index (κ1) is 11.6. The molecule has 88 valence electrons. The summed E-state index contributed by atoms with van der Waals surface area (Å²) in [5, 5.41) is 2.91. The van der Waals surface area contributed by atoms with Crippen LogP contribution in [-0.4, -0.2) is 12.3 Å². The normalized spacial score (nSPS) is 20.9. The minimum absolute atomic E-state index is 0.240. The van der Waals surface area contributed by atoms with E-state index in [-0.39, 0.29) is 5.69 Å². The Kier molecular flexibility index (Phi) is 3.06. The Balaban J connectivity index is 2.44. The lowest BCUT2D eigenvalue weighted by atomic mass is 10.1. The Morgan fingerprint density at radius 2 is 2.12 bits per heavy atom. The van der Waals surface area contributed by atoms with Crippen LogP contribution in [0.1, 0.15) is 12.5 Å². The van der Waals surface area contributed by atoms with Gasteiger partial charge in [-0.25, -0.2) is 0 Å². The smallest absolute Gasteiger partial charge is 0.383 e. The van der Waals surface area contributed by atoms with Crippen molar-refractivity contribution in [2.24, 2.45) is 5.92 Å². The topological polar surface area (TPSA) is 12.0 Å². The molecule has 0 fully saturated rings. The van der Waals surface area contributed by atoms with Crippen LogP contribution in [0.15, 0.2) is 23.1 Å². The first-order valence-corrected chi connectivity index (χ1v) is 6.04. The number of fused-ring (bicyclic) bond motifs is 1. The van der Waals surface area contributed by atoms with E-state index in [1.807, 2.05) is 6.92 Å². The summed E-state index contributed by atoms with van der Waals surface area (Å²) >= 11 is 1.49. The Labute approximate surface area is 96.4 Å². The van der Waals surface area contributed by atoms with Crippen molar-refractivity contribution in [3.05, 3.63) is 23.8 Å². The molecule has 0 amide bonds. The van der Waals surface area contributed by atoms with Crippen LogP contribution in [0.25, 0.3) is 0 Å². The van der Waals surface area contributed by atoms with Crippen molar-refractivity contribution in [3.63, 3.8) is 0 Å². The van der Waals surface area contributed by atoms with Crippen LogP contribution in [0.3, 0.4) is 0 Å². The van der Waals surface area contributed by atoms with Crippen molar-refractivity contribution in [3.8, 4) is 0 Å². The van der Waals surface area contributed by atoms with Gasteiger partial charge < -0.3 is 5.32 Å². The standard InChI is InChI=1S/C11H12F3NS/c1-7-5-15-10-8(11(12,13)14)3-2-4-9(10)16-6-7/h2-4,7,15H,5-6H2,1H3. The van der Waals surface area contributed by atoms with E-state index in [1.54, 1.807) is 6.07 Å². The molecule has 1 nitrogen and oxygen atoms in total. The molecule has 0 aromatic heterocycles. The summed E-state index contributed by atoms with van der Waals surface area (Å²) in [6.07, 6.45) is -4.29. The number of hydrogen-bond acceptors (Lipinski definition) is 2. The van der Waals surface area contributed by atoms with Crippen molar-refractivity contribution in [2.45, 2.75) is 18.0 Å². The Morgan fingerprint density at radius 1 is 1.38 bits per heavy atom. The second kappa shape index (κ2) is 4.20. The minimum Gasteiger partial charge on any atom is -0.383 e. The largest absolute Gasteiger partial charge is 0.418 e. The molecule has 1 atom stereocenters. The zero-order valence-electron chi connectivity index (χ0n) is 8.77. The van der Waals surface area contributed by atoms with E-state index in [1.165, 1.54) is 17.8 Å². The van der Waals surface area contributed by atoms with Gasteiger partial charge in [0.25, 0.3) is 0 Å². The maximum absolute atomic E-state index is 12.8. The van der Waals surface area contributed by atoms with Crippen LogP contribution in [0.2, 0.25) is 0 Å². The van der Waals surface area contributed by atoms with Gasteiger partial charge in [-0.15, -0.1) is 11.8 Å². The van der Waals surface area contributed by atoms with E-state index in [0.717, 1.165) is 11.8 Å². The van der Waals surface area contributed by atoms with E-state index in [9.17, 15) is 13.2 Å². The van der Waals surface area contributed by atoms with Gasteiger partial charge in [-0.1, -0.05) is 13.0 Å². The highest BCUT2D eigenvalue weighted by atomic mass is 32.2. The van der Waals surface area contributed by atoms with Crippen LogP contribution >= 0.6 is 11.8 Å². The number of alkyl halides is 3. The van der Waals surface area contributed by atoms with Gasteiger partial charge in [0.15, 0.2) is 0 Å². The molecule has 5 heteroatoms. The van der Waals surface area contributed by atoms with E-state index in [2.05, 4.69) is 5.32 Å². The summed E-state index contributed by atoms with van der Waals surface area (Å²) in [5.41, 5.74) is -0.323.